The third-order valence-electron chi connectivity index (χ3n) is 3.44. The second-order valence-electron chi connectivity index (χ2n) is 5.26. The van der Waals surface area contributed by atoms with Gasteiger partial charge in [-0.25, -0.2) is 0 Å². The molecular weight excluding hydrogens is 318 g/mol. The standard InChI is InChI=1S/C19H17N3O3/c1-24-16-10-7-15(8-11-16)13-18-21-22-19(25-18)20-17(23)12-9-14-5-3-2-4-6-14/h2-12H,13H2,1H3,(H,20,22,23). The van der Waals surface area contributed by atoms with Gasteiger partial charge in [-0.3, -0.25) is 10.1 Å². The van der Waals surface area contributed by atoms with Gasteiger partial charge < -0.3 is 9.15 Å². The predicted molar refractivity (Wildman–Crippen MR) is 94.2 cm³/mol. The molecule has 1 aromatic heterocycles. The zero-order valence-corrected chi connectivity index (χ0v) is 13.7. The summed E-state index contributed by atoms with van der Waals surface area (Å²) in [6, 6.07) is 17.2. The summed E-state index contributed by atoms with van der Waals surface area (Å²) < 4.78 is 10.6. The van der Waals surface area contributed by atoms with Crippen LogP contribution in [0.15, 0.2) is 65.1 Å². The van der Waals surface area contributed by atoms with E-state index in [2.05, 4.69) is 15.5 Å². The number of hydrogen-bond acceptors (Lipinski definition) is 5. The smallest absolute Gasteiger partial charge is 0.322 e. The molecule has 6 heteroatoms. The van der Waals surface area contributed by atoms with Gasteiger partial charge in [-0.2, -0.15) is 0 Å². The number of methoxy groups -OCH3 is 1. The van der Waals surface area contributed by atoms with Crippen molar-refractivity contribution in [1.82, 2.24) is 10.2 Å². The van der Waals surface area contributed by atoms with Crippen LogP contribution in [-0.2, 0) is 11.2 Å². The van der Waals surface area contributed by atoms with Gasteiger partial charge in [0.05, 0.1) is 13.5 Å². The maximum atomic E-state index is 11.9. The SMILES string of the molecule is COc1ccc(Cc2nnc(NC(=O)C=Cc3ccccc3)o2)cc1. The third-order valence-corrected chi connectivity index (χ3v) is 3.44. The van der Waals surface area contributed by atoms with E-state index in [0.717, 1.165) is 16.9 Å². The van der Waals surface area contributed by atoms with E-state index in [1.807, 2.05) is 54.6 Å². The van der Waals surface area contributed by atoms with Gasteiger partial charge in [-0.05, 0) is 29.3 Å². The molecule has 0 unspecified atom stereocenters. The molecule has 0 spiro atoms. The van der Waals surface area contributed by atoms with Crippen molar-refractivity contribution >= 4 is 18.0 Å². The molecule has 0 saturated carbocycles. The van der Waals surface area contributed by atoms with E-state index in [9.17, 15) is 4.79 Å². The van der Waals surface area contributed by atoms with Crippen molar-refractivity contribution in [3.05, 3.63) is 77.7 Å². The minimum Gasteiger partial charge on any atom is -0.497 e. The van der Waals surface area contributed by atoms with Crippen LogP contribution in [0.4, 0.5) is 6.01 Å². The Morgan fingerprint density at radius 1 is 1.12 bits per heavy atom. The first-order chi connectivity index (χ1) is 12.2. The maximum Gasteiger partial charge on any atom is 0.322 e. The van der Waals surface area contributed by atoms with Crippen LogP contribution in [0.1, 0.15) is 17.0 Å². The lowest BCUT2D eigenvalue weighted by atomic mass is 10.1. The molecule has 0 aliphatic carbocycles. The van der Waals surface area contributed by atoms with E-state index in [1.54, 1.807) is 13.2 Å². The largest absolute Gasteiger partial charge is 0.497 e. The average molecular weight is 335 g/mol. The molecule has 1 heterocycles. The number of nitrogens with zero attached hydrogens (tertiary/aromatic N) is 2. The molecule has 0 bridgehead atoms. The van der Waals surface area contributed by atoms with Gasteiger partial charge in [0.25, 0.3) is 5.91 Å². The Hall–Kier alpha value is -3.41. The zero-order chi connectivity index (χ0) is 17.5. The molecule has 25 heavy (non-hydrogen) atoms. The van der Waals surface area contributed by atoms with Crippen molar-refractivity contribution in [2.24, 2.45) is 0 Å². The Bertz CT molecular complexity index is 855. The molecule has 0 radical (unpaired) electrons. The molecule has 0 aliphatic heterocycles. The molecule has 0 fully saturated rings. The summed E-state index contributed by atoms with van der Waals surface area (Å²) in [6.07, 6.45) is 3.61. The number of nitrogens with one attached hydrogen (secondary N) is 1. The molecule has 3 aromatic rings. The lowest BCUT2D eigenvalue weighted by Crippen LogP contribution is -2.07. The molecular formula is C19H17N3O3. The maximum absolute atomic E-state index is 11.9. The van der Waals surface area contributed by atoms with Crippen LogP contribution in [0.3, 0.4) is 0 Å². The topological polar surface area (TPSA) is 77.3 Å². The molecule has 2 aromatic carbocycles. The number of benzene rings is 2. The number of rotatable bonds is 6. The van der Waals surface area contributed by atoms with Gasteiger partial charge in [-0.1, -0.05) is 47.6 Å². The minimum absolute atomic E-state index is 0.0752. The highest BCUT2D eigenvalue weighted by atomic mass is 16.5. The number of carbonyl (C=O) groups is 1. The summed E-state index contributed by atoms with van der Waals surface area (Å²) in [4.78, 5) is 11.9. The van der Waals surface area contributed by atoms with Crippen LogP contribution in [-0.4, -0.2) is 23.2 Å². The Kier molecular flexibility index (Phi) is 5.21. The molecule has 6 nitrogen and oxygen atoms in total. The molecule has 3 rings (SSSR count). The second kappa shape index (κ2) is 7.92. The van der Waals surface area contributed by atoms with Crippen LogP contribution in [0.5, 0.6) is 5.75 Å². The summed E-state index contributed by atoms with van der Waals surface area (Å²) in [7, 11) is 1.62. The molecule has 0 saturated heterocycles. The van der Waals surface area contributed by atoms with E-state index >= 15 is 0 Å². The Morgan fingerprint density at radius 2 is 1.88 bits per heavy atom. The summed E-state index contributed by atoms with van der Waals surface area (Å²) in [5.74, 6) is 0.878. The lowest BCUT2D eigenvalue weighted by molar-refractivity contribution is -0.112. The van der Waals surface area contributed by atoms with E-state index in [0.29, 0.717) is 12.3 Å². The molecule has 1 N–H and O–H groups in total. The second-order valence-corrected chi connectivity index (χ2v) is 5.26. The number of hydrogen-bond donors (Lipinski definition) is 1. The first-order valence-corrected chi connectivity index (χ1v) is 7.72. The summed E-state index contributed by atoms with van der Waals surface area (Å²) in [5, 5.41) is 10.3. The quantitative estimate of drug-likeness (QED) is 0.699. The van der Waals surface area contributed by atoms with E-state index in [4.69, 9.17) is 9.15 Å². The average Bonchev–Trinajstić information content (AvgIpc) is 3.08. The highest BCUT2D eigenvalue weighted by Crippen LogP contribution is 2.15. The van der Waals surface area contributed by atoms with Crippen molar-refractivity contribution in [3.8, 4) is 5.75 Å². The fraction of sp³-hybridized carbons (Fsp3) is 0.105. The summed E-state index contributed by atoms with van der Waals surface area (Å²) in [5.41, 5.74) is 1.94. The van der Waals surface area contributed by atoms with Gasteiger partial charge in [0.15, 0.2) is 0 Å². The van der Waals surface area contributed by atoms with Crippen molar-refractivity contribution < 1.29 is 13.9 Å². The van der Waals surface area contributed by atoms with Crippen molar-refractivity contribution in [1.29, 1.82) is 0 Å². The van der Waals surface area contributed by atoms with Crippen LogP contribution < -0.4 is 10.1 Å². The number of carbonyl (C=O) groups excluding carboxylic acids is 1. The minimum atomic E-state index is -0.330. The predicted octanol–water partition coefficient (Wildman–Crippen LogP) is 3.32. The van der Waals surface area contributed by atoms with Crippen LogP contribution in [0.25, 0.3) is 6.08 Å². The van der Waals surface area contributed by atoms with Crippen molar-refractivity contribution in [2.75, 3.05) is 12.4 Å². The fourth-order valence-corrected chi connectivity index (χ4v) is 2.18. The van der Waals surface area contributed by atoms with Crippen molar-refractivity contribution in [3.63, 3.8) is 0 Å². The summed E-state index contributed by atoms with van der Waals surface area (Å²) in [6.45, 7) is 0. The first-order valence-electron chi connectivity index (χ1n) is 7.72. The fourth-order valence-electron chi connectivity index (χ4n) is 2.18. The first kappa shape index (κ1) is 16.4. The van der Waals surface area contributed by atoms with Crippen molar-refractivity contribution in [2.45, 2.75) is 6.42 Å². The lowest BCUT2D eigenvalue weighted by Gasteiger charge is -2.00. The van der Waals surface area contributed by atoms with Crippen LogP contribution >= 0.6 is 0 Å². The molecule has 1 amide bonds. The number of ether oxygens (including phenoxy) is 1. The van der Waals surface area contributed by atoms with Gasteiger partial charge in [-0.15, -0.1) is 5.10 Å². The van der Waals surface area contributed by atoms with Gasteiger partial charge in [0.1, 0.15) is 5.75 Å². The monoisotopic (exact) mass is 335 g/mol. The summed E-state index contributed by atoms with van der Waals surface area (Å²) >= 11 is 0. The van der Waals surface area contributed by atoms with Crippen LogP contribution in [0.2, 0.25) is 0 Å². The van der Waals surface area contributed by atoms with Crippen LogP contribution in [0, 0.1) is 0 Å². The molecule has 126 valence electrons. The van der Waals surface area contributed by atoms with E-state index in [1.165, 1.54) is 6.08 Å². The number of amides is 1. The zero-order valence-electron chi connectivity index (χ0n) is 13.7. The molecule has 0 atom stereocenters. The number of aromatic nitrogens is 2. The Labute approximate surface area is 145 Å². The normalized spacial score (nSPS) is 10.8. The van der Waals surface area contributed by atoms with Gasteiger partial charge >= 0.3 is 6.01 Å². The van der Waals surface area contributed by atoms with Gasteiger partial charge in [0.2, 0.25) is 5.89 Å². The number of anilines is 1. The highest BCUT2D eigenvalue weighted by molar-refractivity contribution is 6.00. The van der Waals surface area contributed by atoms with E-state index in [-0.39, 0.29) is 11.9 Å². The highest BCUT2D eigenvalue weighted by Gasteiger charge is 2.09. The van der Waals surface area contributed by atoms with Gasteiger partial charge in [0, 0.05) is 6.08 Å². The molecule has 0 aliphatic rings. The Morgan fingerprint density at radius 3 is 2.60 bits per heavy atom. The van der Waals surface area contributed by atoms with E-state index < -0.39 is 0 Å². The third kappa shape index (κ3) is 4.78. The Balaban J connectivity index is 1.57.